The fraction of sp³-hybridized carbons (Fsp3) is 0.174. The third kappa shape index (κ3) is 5.12. The van der Waals surface area contributed by atoms with Gasteiger partial charge in [0.15, 0.2) is 0 Å². The Bertz CT molecular complexity index is 1210. The highest BCUT2D eigenvalue weighted by molar-refractivity contribution is 7.92. The summed E-state index contributed by atoms with van der Waals surface area (Å²) in [6.07, 6.45) is 0. The zero-order valence-corrected chi connectivity index (χ0v) is 18.7. The minimum atomic E-state index is -4.07. The first-order chi connectivity index (χ1) is 15.2. The number of nitrogens with one attached hydrogen (secondary N) is 1. The summed E-state index contributed by atoms with van der Waals surface area (Å²) >= 11 is 0. The molecule has 3 aromatic carbocycles. The molecule has 0 fully saturated rings. The average Bonchev–Trinajstić information content (AvgIpc) is 2.78. The van der Waals surface area contributed by atoms with Crippen LogP contribution >= 0.6 is 0 Å². The van der Waals surface area contributed by atoms with Crippen LogP contribution in [-0.2, 0) is 16.6 Å². The van der Waals surface area contributed by atoms with Crippen molar-refractivity contribution in [2.45, 2.75) is 11.4 Å². The summed E-state index contributed by atoms with van der Waals surface area (Å²) in [5, 5.41) is 9.73. The molecule has 0 bridgehead atoms. The minimum absolute atomic E-state index is 0.0266. The van der Waals surface area contributed by atoms with Crippen LogP contribution in [0.3, 0.4) is 0 Å². The second-order valence-corrected chi connectivity index (χ2v) is 8.65. The van der Waals surface area contributed by atoms with Crippen LogP contribution in [0.2, 0.25) is 0 Å². The summed E-state index contributed by atoms with van der Waals surface area (Å²) in [6.45, 7) is 0.493. The molecule has 0 aliphatic rings. The van der Waals surface area contributed by atoms with Crippen molar-refractivity contribution in [2.75, 3.05) is 30.9 Å². The number of aromatic carboxylic acids is 1. The quantitative estimate of drug-likeness (QED) is 0.504. The summed E-state index contributed by atoms with van der Waals surface area (Å²) < 4.78 is 38.7. The van der Waals surface area contributed by atoms with Crippen LogP contribution in [0.25, 0.3) is 0 Å². The maximum atomic E-state index is 13.0. The zero-order valence-electron chi connectivity index (χ0n) is 17.9. The number of sulfonamides is 1. The molecule has 168 valence electrons. The molecule has 9 heteroatoms. The molecular weight excluding hydrogens is 432 g/mol. The van der Waals surface area contributed by atoms with Crippen molar-refractivity contribution in [3.05, 3.63) is 77.9 Å². The van der Waals surface area contributed by atoms with Gasteiger partial charge in [-0.2, -0.15) is 0 Å². The molecule has 0 unspecified atom stereocenters. The largest absolute Gasteiger partial charge is 0.497 e. The standard InChI is InChI=1S/C23H24N2O6S/c1-25(15-16-7-5-4-6-8-16)20-11-9-17(13-19(20)23(26)27)24-32(28,29)22-14-18(30-2)10-12-21(22)31-3/h4-14,24H,15H2,1-3H3,(H,26,27). The monoisotopic (exact) mass is 456 g/mol. The van der Waals surface area contributed by atoms with Crippen molar-refractivity contribution in [3.8, 4) is 11.5 Å². The smallest absolute Gasteiger partial charge is 0.337 e. The van der Waals surface area contributed by atoms with Gasteiger partial charge in [-0.05, 0) is 35.9 Å². The maximum absolute atomic E-state index is 13.0. The van der Waals surface area contributed by atoms with E-state index in [-0.39, 0.29) is 21.9 Å². The molecule has 0 spiro atoms. The van der Waals surface area contributed by atoms with Gasteiger partial charge >= 0.3 is 5.97 Å². The van der Waals surface area contributed by atoms with Crippen molar-refractivity contribution in [3.63, 3.8) is 0 Å². The van der Waals surface area contributed by atoms with Crippen LogP contribution in [0.5, 0.6) is 11.5 Å². The van der Waals surface area contributed by atoms with Gasteiger partial charge in [0.2, 0.25) is 0 Å². The number of anilines is 2. The number of carbonyl (C=O) groups is 1. The van der Waals surface area contributed by atoms with Gasteiger partial charge in [-0.15, -0.1) is 0 Å². The van der Waals surface area contributed by atoms with E-state index in [2.05, 4.69) is 4.72 Å². The second kappa shape index (κ2) is 9.61. The van der Waals surface area contributed by atoms with Crippen molar-refractivity contribution in [1.82, 2.24) is 0 Å². The SMILES string of the molecule is COc1ccc(OC)c(S(=O)(=O)Nc2ccc(N(C)Cc3ccccc3)c(C(=O)O)c2)c1. The average molecular weight is 457 g/mol. The third-order valence-corrected chi connectivity index (χ3v) is 6.22. The van der Waals surface area contributed by atoms with Gasteiger partial charge in [-0.3, -0.25) is 4.72 Å². The number of nitrogens with zero attached hydrogens (tertiary/aromatic N) is 1. The molecule has 3 rings (SSSR count). The van der Waals surface area contributed by atoms with Crippen molar-refractivity contribution in [1.29, 1.82) is 0 Å². The predicted octanol–water partition coefficient (Wildman–Crippen LogP) is 3.84. The Morgan fingerprint density at radius 2 is 1.72 bits per heavy atom. The number of hydrogen-bond acceptors (Lipinski definition) is 6. The van der Waals surface area contributed by atoms with E-state index in [1.165, 1.54) is 38.5 Å². The van der Waals surface area contributed by atoms with E-state index >= 15 is 0 Å². The molecule has 8 nitrogen and oxygen atoms in total. The van der Waals surface area contributed by atoms with Gasteiger partial charge in [0, 0.05) is 25.3 Å². The van der Waals surface area contributed by atoms with Gasteiger partial charge in [0.25, 0.3) is 10.0 Å². The van der Waals surface area contributed by atoms with Crippen LogP contribution in [0.4, 0.5) is 11.4 Å². The molecule has 0 aliphatic carbocycles. The topological polar surface area (TPSA) is 105 Å². The Labute approximate surface area is 187 Å². The summed E-state index contributed by atoms with van der Waals surface area (Å²) in [6, 6.07) is 18.4. The molecule has 0 amide bonds. The number of rotatable bonds is 9. The van der Waals surface area contributed by atoms with Gasteiger partial charge < -0.3 is 19.5 Å². The lowest BCUT2D eigenvalue weighted by Gasteiger charge is -2.22. The van der Waals surface area contributed by atoms with Crippen LogP contribution in [0, 0.1) is 0 Å². The van der Waals surface area contributed by atoms with E-state index in [1.807, 2.05) is 30.3 Å². The molecule has 0 atom stereocenters. The number of carboxylic acids is 1. The Morgan fingerprint density at radius 1 is 1.00 bits per heavy atom. The van der Waals surface area contributed by atoms with Gasteiger partial charge in [-0.1, -0.05) is 30.3 Å². The number of methoxy groups -OCH3 is 2. The van der Waals surface area contributed by atoms with E-state index < -0.39 is 16.0 Å². The van der Waals surface area contributed by atoms with E-state index in [9.17, 15) is 18.3 Å². The Kier molecular flexibility index (Phi) is 6.89. The Morgan fingerprint density at radius 3 is 2.34 bits per heavy atom. The maximum Gasteiger partial charge on any atom is 0.337 e. The highest BCUT2D eigenvalue weighted by Crippen LogP contribution is 2.31. The third-order valence-electron chi connectivity index (χ3n) is 4.81. The van der Waals surface area contributed by atoms with E-state index in [4.69, 9.17) is 9.47 Å². The lowest BCUT2D eigenvalue weighted by molar-refractivity contribution is 0.0697. The van der Waals surface area contributed by atoms with Gasteiger partial charge in [0.05, 0.1) is 25.5 Å². The molecule has 32 heavy (non-hydrogen) atoms. The zero-order chi connectivity index (χ0) is 23.3. The summed E-state index contributed by atoms with van der Waals surface area (Å²) in [7, 11) is 0.491. The van der Waals surface area contributed by atoms with Crippen molar-refractivity contribution >= 4 is 27.4 Å². The van der Waals surface area contributed by atoms with Crippen molar-refractivity contribution < 1.29 is 27.8 Å². The number of benzene rings is 3. The number of ether oxygens (including phenoxy) is 2. The Balaban J connectivity index is 1.93. The lowest BCUT2D eigenvalue weighted by Crippen LogP contribution is -2.20. The fourth-order valence-corrected chi connectivity index (χ4v) is 4.49. The summed E-state index contributed by atoms with van der Waals surface area (Å²) in [5.74, 6) is -0.689. The molecule has 3 aromatic rings. The first kappa shape index (κ1) is 23.0. The molecule has 0 radical (unpaired) electrons. The molecule has 0 aliphatic heterocycles. The molecule has 2 N–H and O–H groups in total. The van der Waals surface area contributed by atoms with Crippen LogP contribution in [-0.4, -0.2) is 40.8 Å². The van der Waals surface area contributed by atoms with Gasteiger partial charge in [-0.25, -0.2) is 13.2 Å². The first-order valence-electron chi connectivity index (χ1n) is 9.62. The van der Waals surface area contributed by atoms with Crippen LogP contribution in [0.1, 0.15) is 15.9 Å². The second-order valence-electron chi connectivity index (χ2n) is 7.00. The van der Waals surface area contributed by atoms with Crippen LogP contribution < -0.4 is 19.1 Å². The van der Waals surface area contributed by atoms with E-state index in [0.717, 1.165) is 5.56 Å². The van der Waals surface area contributed by atoms with E-state index in [1.54, 1.807) is 24.1 Å². The molecule has 0 saturated heterocycles. The Hall–Kier alpha value is -3.72. The van der Waals surface area contributed by atoms with Crippen molar-refractivity contribution in [2.24, 2.45) is 0 Å². The molecular formula is C23H24N2O6S. The van der Waals surface area contributed by atoms with E-state index in [0.29, 0.717) is 18.0 Å². The summed E-state index contributed by atoms with van der Waals surface area (Å²) in [5.41, 5.74) is 1.56. The molecule has 0 heterocycles. The van der Waals surface area contributed by atoms with Gasteiger partial charge in [0.1, 0.15) is 16.4 Å². The first-order valence-corrected chi connectivity index (χ1v) is 11.1. The number of hydrogen-bond donors (Lipinski definition) is 2. The number of carboxylic acid groups (broad SMARTS) is 1. The molecule has 0 saturated carbocycles. The normalized spacial score (nSPS) is 11.0. The predicted molar refractivity (Wildman–Crippen MR) is 122 cm³/mol. The fourth-order valence-electron chi connectivity index (χ4n) is 3.25. The highest BCUT2D eigenvalue weighted by atomic mass is 32.2. The highest BCUT2D eigenvalue weighted by Gasteiger charge is 2.22. The summed E-state index contributed by atoms with van der Waals surface area (Å²) in [4.78, 5) is 13.6. The van der Waals surface area contributed by atoms with Crippen LogP contribution in [0.15, 0.2) is 71.6 Å². The lowest BCUT2D eigenvalue weighted by atomic mass is 10.1. The molecule has 0 aromatic heterocycles. The minimum Gasteiger partial charge on any atom is -0.497 e.